The minimum atomic E-state index is -3.44. The van der Waals surface area contributed by atoms with Gasteiger partial charge in [-0.1, -0.05) is 19.1 Å². The second kappa shape index (κ2) is 10.1. The minimum absolute atomic E-state index is 0. The van der Waals surface area contributed by atoms with Gasteiger partial charge in [0.2, 0.25) is 10.0 Å². The molecule has 0 bridgehead atoms. The average molecular weight is 454 g/mol. The Kier molecular flexibility index (Phi) is 9.71. The molecule has 1 aromatic carbocycles. The molecule has 0 aliphatic heterocycles. The third kappa shape index (κ3) is 6.64. The number of benzene rings is 1. The first-order valence-corrected chi connectivity index (χ1v) is 8.83. The molecule has 0 unspecified atom stereocenters. The molecule has 6 nitrogen and oxygen atoms in total. The average Bonchev–Trinajstić information content (AvgIpc) is 2.50. The van der Waals surface area contributed by atoms with Crippen LogP contribution in [0.2, 0.25) is 0 Å². The quantitative estimate of drug-likeness (QED) is 0.376. The Morgan fingerprint density at radius 1 is 1.30 bits per heavy atom. The first-order valence-electron chi connectivity index (χ1n) is 7.39. The number of guanidine groups is 1. The molecule has 0 spiro atoms. The molecule has 8 heteroatoms. The van der Waals surface area contributed by atoms with Gasteiger partial charge in [0, 0.05) is 19.6 Å². The van der Waals surface area contributed by atoms with Crippen LogP contribution in [-0.4, -0.2) is 38.3 Å². The molecule has 0 aromatic heterocycles. The molecule has 0 radical (unpaired) electrons. The van der Waals surface area contributed by atoms with E-state index in [0.29, 0.717) is 12.5 Å². The number of nitrogens with zero attached hydrogens (tertiary/aromatic N) is 2. The van der Waals surface area contributed by atoms with Crippen molar-refractivity contribution in [3.63, 3.8) is 0 Å². The summed E-state index contributed by atoms with van der Waals surface area (Å²) >= 11 is 0. The molecule has 0 aliphatic rings. The second-order valence-corrected chi connectivity index (χ2v) is 7.38. The van der Waals surface area contributed by atoms with E-state index in [9.17, 15) is 8.42 Å². The van der Waals surface area contributed by atoms with E-state index in [-0.39, 0.29) is 34.9 Å². The van der Waals surface area contributed by atoms with Crippen molar-refractivity contribution in [3.05, 3.63) is 29.8 Å². The van der Waals surface area contributed by atoms with E-state index in [2.05, 4.69) is 10.3 Å². The highest BCUT2D eigenvalue weighted by molar-refractivity contribution is 14.0. The summed E-state index contributed by atoms with van der Waals surface area (Å²) < 4.78 is 26.0. The van der Waals surface area contributed by atoms with Gasteiger partial charge in [-0.3, -0.25) is 0 Å². The normalized spacial score (nSPS) is 12.3. The van der Waals surface area contributed by atoms with Crippen molar-refractivity contribution in [3.8, 4) is 0 Å². The van der Waals surface area contributed by atoms with Crippen molar-refractivity contribution in [2.24, 2.45) is 10.7 Å². The zero-order valence-corrected chi connectivity index (χ0v) is 17.3. The molecule has 0 saturated heterocycles. The lowest BCUT2D eigenvalue weighted by Crippen LogP contribution is -2.33. The van der Waals surface area contributed by atoms with Crippen LogP contribution in [0.25, 0.3) is 0 Å². The van der Waals surface area contributed by atoms with E-state index in [1.807, 2.05) is 20.8 Å². The molecule has 132 valence electrons. The van der Waals surface area contributed by atoms with Gasteiger partial charge in [0.1, 0.15) is 0 Å². The number of hydrogen-bond donors (Lipinski definition) is 2. The number of aliphatic imine (C=N–C) groups is 1. The maximum absolute atomic E-state index is 12.3. The molecular weight excluding hydrogens is 427 g/mol. The summed E-state index contributed by atoms with van der Waals surface area (Å²) in [6.45, 7) is 6.93. The Balaban J connectivity index is 0.00000484. The Labute approximate surface area is 156 Å². The van der Waals surface area contributed by atoms with Gasteiger partial charge in [-0.15, -0.1) is 24.0 Å². The maximum Gasteiger partial charge on any atom is 0.243 e. The Morgan fingerprint density at radius 3 is 2.35 bits per heavy atom. The number of nitrogens with one attached hydrogen (secondary N) is 1. The van der Waals surface area contributed by atoms with Crippen molar-refractivity contribution in [2.75, 3.05) is 13.6 Å². The lowest BCUT2D eigenvalue weighted by molar-refractivity contribution is 0.410. The second-order valence-electron chi connectivity index (χ2n) is 5.39. The zero-order chi connectivity index (χ0) is 16.8. The summed E-state index contributed by atoms with van der Waals surface area (Å²) in [5, 5.41) is 2.99. The fourth-order valence-corrected chi connectivity index (χ4v) is 3.06. The number of hydrogen-bond acceptors (Lipinski definition) is 3. The standard InChI is InChI=1S/C15H26N4O2S.HI/c1-5-10-17-15(16)18-11-13-6-8-14(9-7-13)22(20,21)19(4)12(2)3;/h6-9,12H,5,10-11H2,1-4H3,(H3,16,17,18);1H. The van der Waals surface area contributed by atoms with Crippen LogP contribution in [0, 0.1) is 0 Å². The fraction of sp³-hybridized carbons (Fsp3) is 0.533. The monoisotopic (exact) mass is 454 g/mol. The van der Waals surface area contributed by atoms with Crippen LogP contribution in [0.5, 0.6) is 0 Å². The third-order valence-corrected chi connectivity index (χ3v) is 5.36. The molecule has 0 heterocycles. The Morgan fingerprint density at radius 2 is 1.87 bits per heavy atom. The van der Waals surface area contributed by atoms with Gasteiger partial charge in [0.05, 0.1) is 11.4 Å². The van der Waals surface area contributed by atoms with Crippen molar-refractivity contribution >= 4 is 40.0 Å². The highest BCUT2D eigenvalue weighted by atomic mass is 127. The first-order chi connectivity index (χ1) is 10.3. The van der Waals surface area contributed by atoms with Gasteiger partial charge in [0.25, 0.3) is 0 Å². The summed E-state index contributed by atoms with van der Waals surface area (Å²) in [6.07, 6.45) is 0.978. The number of halogens is 1. The largest absolute Gasteiger partial charge is 0.370 e. The number of nitrogens with two attached hydrogens (primary N) is 1. The molecule has 0 atom stereocenters. The van der Waals surface area contributed by atoms with Gasteiger partial charge in [-0.05, 0) is 38.0 Å². The number of rotatable bonds is 7. The summed E-state index contributed by atoms with van der Waals surface area (Å²) in [7, 11) is -1.86. The lowest BCUT2D eigenvalue weighted by atomic mass is 10.2. The van der Waals surface area contributed by atoms with E-state index < -0.39 is 10.0 Å². The maximum atomic E-state index is 12.3. The van der Waals surface area contributed by atoms with Crippen molar-refractivity contribution < 1.29 is 8.42 Å². The summed E-state index contributed by atoms with van der Waals surface area (Å²) in [4.78, 5) is 4.50. The van der Waals surface area contributed by atoms with Crippen LogP contribution in [0.1, 0.15) is 32.8 Å². The molecule has 0 amide bonds. The van der Waals surface area contributed by atoms with Crippen LogP contribution in [0.15, 0.2) is 34.2 Å². The molecular formula is C15H27IN4O2S. The van der Waals surface area contributed by atoms with Crippen molar-refractivity contribution in [1.82, 2.24) is 9.62 Å². The van der Waals surface area contributed by atoms with Crippen LogP contribution in [0.3, 0.4) is 0 Å². The lowest BCUT2D eigenvalue weighted by Gasteiger charge is -2.21. The summed E-state index contributed by atoms with van der Waals surface area (Å²) in [6, 6.07) is 6.65. The predicted octanol–water partition coefficient (Wildman–Crippen LogP) is 2.15. The highest BCUT2D eigenvalue weighted by Crippen LogP contribution is 2.17. The van der Waals surface area contributed by atoms with Gasteiger partial charge < -0.3 is 11.1 Å². The van der Waals surface area contributed by atoms with Crippen LogP contribution >= 0.6 is 24.0 Å². The summed E-state index contributed by atoms with van der Waals surface area (Å²) in [5.41, 5.74) is 6.63. The summed E-state index contributed by atoms with van der Waals surface area (Å²) in [5.74, 6) is 0.401. The van der Waals surface area contributed by atoms with Crippen LogP contribution in [0.4, 0.5) is 0 Å². The topological polar surface area (TPSA) is 87.8 Å². The molecule has 1 aromatic rings. The molecule has 0 fully saturated rings. The van der Waals surface area contributed by atoms with Crippen LogP contribution in [-0.2, 0) is 16.6 Å². The first kappa shape index (κ1) is 22.1. The van der Waals surface area contributed by atoms with E-state index >= 15 is 0 Å². The van der Waals surface area contributed by atoms with Gasteiger partial charge in [-0.25, -0.2) is 13.4 Å². The fourth-order valence-electron chi connectivity index (χ4n) is 1.70. The zero-order valence-electron chi connectivity index (χ0n) is 14.1. The van der Waals surface area contributed by atoms with E-state index in [4.69, 9.17) is 5.73 Å². The smallest absolute Gasteiger partial charge is 0.243 e. The SMILES string of the molecule is CCCNC(N)=NCc1ccc(S(=O)(=O)N(C)C(C)C)cc1.I. The third-order valence-electron chi connectivity index (χ3n) is 3.32. The van der Waals surface area contributed by atoms with E-state index in [0.717, 1.165) is 18.5 Å². The van der Waals surface area contributed by atoms with E-state index in [1.165, 1.54) is 4.31 Å². The molecule has 0 aliphatic carbocycles. The van der Waals surface area contributed by atoms with Crippen molar-refractivity contribution in [1.29, 1.82) is 0 Å². The molecule has 0 saturated carbocycles. The molecule has 3 N–H and O–H groups in total. The van der Waals surface area contributed by atoms with Gasteiger partial charge in [-0.2, -0.15) is 4.31 Å². The Hall–Kier alpha value is -0.870. The molecule has 23 heavy (non-hydrogen) atoms. The minimum Gasteiger partial charge on any atom is -0.370 e. The predicted molar refractivity (Wildman–Crippen MR) is 106 cm³/mol. The Bertz CT molecular complexity index is 600. The number of sulfonamides is 1. The molecule has 1 rings (SSSR count). The van der Waals surface area contributed by atoms with E-state index in [1.54, 1.807) is 31.3 Å². The van der Waals surface area contributed by atoms with Crippen molar-refractivity contribution in [2.45, 2.75) is 44.7 Å². The highest BCUT2D eigenvalue weighted by Gasteiger charge is 2.22. The van der Waals surface area contributed by atoms with Crippen LogP contribution < -0.4 is 11.1 Å². The van der Waals surface area contributed by atoms with Gasteiger partial charge in [0.15, 0.2) is 5.96 Å². The van der Waals surface area contributed by atoms with Gasteiger partial charge >= 0.3 is 0 Å².